The fourth-order valence-electron chi connectivity index (χ4n) is 3.09. The number of amides is 1. The summed E-state index contributed by atoms with van der Waals surface area (Å²) in [5.41, 5.74) is -0.0280. The molecule has 20 heavy (non-hydrogen) atoms. The molecule has 0 atom stereocenters. The Kier molecular flexibility index (Phi) is 3.13. The molecule has 1 amide bonds. The van der Waals surface area contributed by atoms with Crippen molar-refractivity contribution in [3.8, 4) is 0 Å². The molecular formula is C13H19N3O3S. The monoisotopic (exact) mass is 297 g/mol. The molecule has 6 nitrogen and oxygen atoms in total. The highest BCUT2D eigenvalue weighted by molar-refractivity contribution is 7.89. The summed E-state index contributed by atoms with van der Waals surface area (Å²) >= 11 is 0. The van der Waals surface area contributed by atoms with Crippen LogP contribution in [0.2, 0.25) is 0 Å². The van der Waals surface area contributed by atoms with E-state index in [0.717, 1.165) is 12.8 Å². The van der Waals surface area contributed by atoms with E-state index >= 15 is 0 Å². The average molecular weight is 297 g/mol. The van der Waals surface area contributed by atoms with Gasteiger partial charge >= 0.3 is 0 Å². The molecule has 1 N–H and O–H groups in total. The number of aromatic nitrogens is 1. The Morgan fingerprint density at radius 1 is 1.30 bits per heavy atom. The Labute approximate surface area is 118 Å². The van der Waals surface area contributed by atoms with E-state index in [4.69, 9.17) is 0 Å². The summed E-state index contributed by atoms with van der Waals surface area (Å²) in [6.45, 7) is 1.67. The first-order chi connectivity index (χ1) is 9.41. The van der Waals surface area contributed by atoms with Crippen molar-refractivity contribution in [3.05, 3.63) is 18.5 Å². The van der Waals surface area contributed by atoms with E-state index < -0.39 is 10.0 Å². The number of hydrogen-bond acceptors (Lipinski definition) is 3. The van der Waals surface area contributed by atoms with E-state index in [1.54, 1.807) is 30.1 Å². The zero-order valence-electron chi connectivity index (χ0n) is 11.5. The third-order valence-corrected chi connectivity index (χ3v) is 6.30. The topological polar surface area (TPSA) is 71.4 Å². The van der Waals surface area contributed by atoms with E-state index in [2.05, 4.69) is 5.32 Å². The van der Waals surface area contributed by atoms with Crippen LogP contribution in [0.15, 0.2) is 23.4 Å². The fourth-order valence-corrected chi connectivity index (χ4v) is 4.58. The number of nitrogens with one attached hydrogen (secondary N) is 1. The quantitative estimate of drug-likeness (QED) is 0.854. The maximum atomic E-state index is 12.5. The van der Waals surface area contributed by atoms with Gasteiger partial charge in [0.2, 0.25) is 15.9 Å². The zero-order chi connectivity index (χ0) is 14.4. The highest BCUT2D eigenvalue weighted by Crippen LogP contribution is 2.38. The summed E-state index contributed by atoms with van der Waals surface area (Å²) in [5, 5.41) is 2.86. The van der Waals surface area contributed by atoms with Crippen molar-refractivity contribution in [1.82, 2.24) is 14.2 Å². The SMILES string of the molecule is Cn1ccc(S(=O)(=O)N2CCC3(CC2)CNC(=O)C3)c1. The third-order valence-electron chi connectivity index (χ3n) is 4.42. The molecule has 7 heteroatoms. The van der Waals surface area contributed by atoms with Gasteiger partial charge < -0.3 is 9.88 Å². The minimum absolute atomic E-state index is 0.0280. The molecule has 0 unspecified atom stereocenters. The molecule has 0 radical (unpaired) electrons. The number of rotatable bonds is 2. The van der Waals surface area contributed by atoms with Gasteiger partial charge in [0.05, 0.1) is 4.90 Å². The number of nitrogens with zero attached hydrogens (tertiary/aromatic N) is 2. The third kappa shape index (κ3) is 2.25. The normalized spacial score (nSPS) is 23.1. The molecule has 0 saturated carbocycles. The molecule has 2 aliphatic heterocycles. The van der Waals surface area contributed by atoms with Gasteiger partial charge in [-0.3, -0.25) is 4.79 Å². The molecule has 0 bridgehead atoms. The maximum absolute atomic E-state index is 12.5. The predicted octanol–water partition coefficient (Wildman–Crippen LogP) is 0.316. The molecule has 0 aliphatic carbocycles. The van der Waals surface area contributed by atoms with Crippen molar-refractivity contribution in [2.45, 2.75) is 24.2 Å². The van der Waals surface area contributed by atoms with Crippen LogP contribution in [0, 0.1) is 5.41 Å². The van der Waals surface area contributed by atoms with Crippen LogP contribution in [0.4, 0.5) is 0 Å². The van der Waals surface area contributed by atoms with Gasteiger partial charge in [0, 0.05) is 45.5 Å². The molecule has 1 aromatic rings. The highest BCUT2D eigenvalue weighted by atomic mass is 32.2. The second kappa shape index (κ2) is 4.60. The molecule has 1 spiro atoms. The number of carbonyl (C=O) groups excluding carboxylic acids is 1. The first-order valence-corrected chi connectivity index (χ1v) is 8.24. The minimum Gasteiger partial charge on any atom is -0.356 e. The first kappa shape index (κ1) is 13.6. The molecular weight excluding hydrogens is 278 g/mol. The van der Waals surface area contributed by atoms with Gasteiger partial charge in [-0.15, -0.1) is 0 Å². The van der Waals surface area contributed by atoms with Crippen LogP contribution in [-0.4, -0.2) is 42.8 Å². The first-order valence-electron chi connectivity index (χ1n) is 6.80. The predicted molar refractivity (Wildman–Crippen MR) is 73.5 cm³/mol. The smallest absolute Gasteiger partial charge is 0.244 e. The van der Waals surface area contributed by atoms with Gasteiger partial charge in [-0.25, -0.2) is 8.42 Å². The van der Waals surface area contributed by atoms with Gasteiger partial charge in [0.15, 0.2) is 0 Å². The molecule has 110 valence electrons. The van der Waals surface area contributed by atoms with E-state index in [1.807, 2.05) is 0 Å². The molecule has 2 aliphatic rings. The van der Waals surface area contributed by atoms with Crippen molar-refractivity contribution in [1.29, 1.82) is 0 Å². The molecule has 3 heterocycles. The van der Waals surface area contributed by atoms with E-state index in [1.165, 1.54) is 4.31 Å². The van der Waals surface area contributed by atoms with Crippen LogP contribution >= 0.6 is 0 Å². The number of hydrogen-bond donors (Lipinski definition) is 1. The Morgan fingerprint density at radius 3 is 2.50 bits per heavy atom. The number of sulfonamides is 1. The van der Waals surface area contributed by atoms with Crippen LogP contribution in [0.5, 0.6) is 0 Å². The fraction of sp³-hybridized carbons (Fsp3) is 0.615. The van der Waals surface area contributed by atoms with Gasteiger partial charge in [0.25, 0.3) is 0 Å². The van der Waals surface area contributed by atoms with Crippen molar-refractivity contribution >= 4 is 15.9 Å². The van der Waals surface area contributed by atoms with Crippen molar-refractivity contribution < 1.29 is 13.2 Å². The standard InChI is InChI=1S/C13H19N3O3S/c1-15-5-2-11(9-15)20(18,19)16-6-3-13(4-7-16)8-12(17)14-10-13/h2,5,9H,3-4,6-8,10H2,1H3,(H,14,17). The number of aryl methyl sites for hydroxylation is 1. The number of carbonyl (C=O) groups is 1. The lowest BCUT2D eigenvalue weighted by molar-refractivity contribution is -0.119. The lowest BCUT2D eigenvalue weighted by Crippen LogP contribution is -2.43. The maximum Gasteiger partial charge on any atom is 0.244 e. The van der Waals surface area contributed by atoms with Gasteiger partial charge in [-0.2, -0.15) is 4.31 Å². The van der Waals surface area contributed by atoms with Crippen LogP contribution < -0.4 is 5.32 Å². The Bertz CT molecular complexity index is 627. The summed E-state index contributed by atoms with van der Waals surface area (Å²) in [6, 6.07) is 1.63. The van der Waals surface area contributed by atoms with Crippen LogP contribution in [0.3, 0.4) is 0 Å². The lowest BCUT2D eigenvalue weighted by Gasteiger charge is -2.37. The number of piperidine rings is 1. The second-order valence-electron chi connectivity index (χ2n) is 5.87. The molecule has 3 rings (SSSR count). The largest absolute Gasteiger partial charge is 0.356 e. The Morgan fingerprint density at radius 2 is 2.00 bits per heavy atom. The summed E-state index contributed by atoms with van der Waals surface area (Å²) in [7, 11) is -1.59. The van der Waals surface area contributed by atoms with Crippen LogP contribution in [0.25, 0.3) is 0 Å². The summed E-state index contributed by atoms with van der Waals surface area (Å²) in [4.78, 5) is 11.7. The van der Waals surface area contributed by atoms with Crippen molar-refractivity contribution in [2.24, 2.45) is 12.5 Å². The Hall–Kier alpha value is -1.34. The molecule has 2 saturated heterocycles. The van der Waals surface area contributed by atoms with E-state index in [9.17, 15) is 13.2 Å². The molecule has 0 aromatic carbocycles. The average Bonchev–Trinajstić information content (AvgIpc) is 2.98. The second-order valence-corrected chi connectivity index (χ2v) is 7.81. The summed E-state index contributed by atoms with van der Waals surface area (Å²) < 4.78 is 28.3. The van der Waals surface area contributed by atoms with Gasteiger partial charge in [-0.05, 0) is 24.3 Å². The van der Waals surface area contributed by atoms with Gasteiger partial charge in [-0.1, -0.05) is 0 Å². The van der Waals surface area contributed by atoms with Crippen LogP contribution in [0.1, 0.15) is 19.3 Å². The highest BCUT2D eigenvalue weighted by Gasteiger charge is 2.43. The van der Waals surface area contributed by atoms with Crippen molar-refractivity contribution in [2.75, 3.05) is 19.6 Å². The van der Waals surface area contributed by atoms with E-state index in [-0.39, 0.29) is 11.3 Å². The zero-order valence-corrected chi connectivity index (χ0v) is 12.3. The minimum atomic E-state index is -3.39. The van der Waals surface area contributed by atoms with Gasteiger partial charge in [0.1, 0.15) is 0 Å². The summed E-state index contributed by atoms with van der Waals surface area (Å²) in [5.74, 6) is 0.0874. The Balaban J connectivity index is 1.73. The van der Waals surface area contributed by atoms with Crippen LogP contribution in [-0.2, 0) is 21.9 Å². The van der Waals surface area contributed by atoms with E-state index in [0.29, 0.717) is 31.0 Å². The van der Waals surface area contributed by atoms with Crippen molar-refractivity contribution in [3.63, 3.8) is 0 Å². The molecule has 1 aromatic heterocycles. The summed E-state index contributed by atoms with van der Waals surface area (Å²) in [6.07, 6.45) is 5.39. The molecule has 2 fully saturated rings. The lowest BCUT2D eigenvalue weighted by atomic mass is 9.78.